The molecule has 0 saturated heterocycles. The van der Waals surface area contributed by atoms with Crippen LogP contribution in [0.4, 0.5) is 0 Å². The number of thiol groups is 1. The van der Waals surface area contributed by atoms with Gasteiger partial charge in [-0.05, 0) is 12.1 Å². The van der Waals surface area contributed by atoms with Gasteiger partial charge in [0.1, 0.15) is 6.07 Å². The Kier molecular flexibility index (Phi) is 2.28. The van der Waals surface area contributed by atoms with Gasteiger partial charge in [0.2, 0.25) is 0 Å². The molecule has 0 N–H and O–H groups in total. The Morgan fingerprint density at radius 2 is 2.29 bits per heavy atom. The van der Waals surface area contributed by atoms with E-state index in [1.54, 1.807) is 11.4 Å². The van der Waals surface area contributed by atoms with E-state index in [1.807, 2.05) is 6.07 Å². The van der Waals surface area contributed by atoms with E-state index >= 15 is 0 Å². The summed E-state index contributed by atoms with van der Waals surface area (Å²) in [6.45, 7) is 0. The van der Waals surface area contributed by atoms with Crippen molar-refractivity contribution in [2.75, 3.05) is 0 Å². The highest BCUT2D eigenvalue weighted by Gasteiger charge is 2.10. The largest absolute Gasteiger partial charge is 0.298 e. The van der Waals surface area contributed by atoms with E-state index in [2.05, 4.69) is 18.7 Å². The number of thiophene rings is 1. The van der Waals surface area contributed by atoms with Crippen LogP contribution in [-0.2, 0) is 0 Å². The summed E-state index contributed by atoms with van der Waals surface area (Å²) in [5.41, 5.74) is 1.05. The second-order valence-electron chi connectivity index (χ2n) is 2.75. The van der Waals surface area contributed by atoms with Gasteiger partial charge < -0.3 is 0 Å². The number of hydrogen-bond donors (Lipinski definition) is 1. The Morgan fingerprint density at radius 3 is 2.93 bits per heavy atom. The molecule has 0 amide bonds. The first-order chi connectivity index (χ1) is 6.77. The van der Waals surface area contributed by atoms with Crippen LogP contribution < -0.4 is 0 Å². The van der Waals surface area contributed by atoms with Crippen LogP contribution in [0.2, 0.25) is 0 Å². The van der Waals surface area contributed by atoms with Crippen LogP contribution in [0.3, 0.4) is 0 Å². The number of rotatable bonds is 1. The summed E-state index contributed by atoms with van der Waals surface area (Å²) in [4.78, 5) is 11.5. The fourth-order valence-electron chi connectivity index (χ4n) is 1.35. The molecule has 1 heterocycles. The Balaban J connectivity index is 2.97. The third-order valence-corrected chi connectivity index (χ3v) is 3.33. The second kappa shape index (κ2) is 3.45. The van der Waals surface area contributed by atoms with E-state index < -0.39 is 0 Å². The third-order valence-electron chi connectivity index (χ3n) is 2.00. The first-order valence-electron chi connectivity index (χ1n) is 3.86. The molecule has 0 aliphatic carbocycles. The molecule has 0 saturated carbocycles. The molecular weight excluding hydrogens is 214 g/mol. The van der Waals surface area contributed by atoms with Gasteiger partial charge in [-0.1, -0.05) is 0 Å². The van der Waals surface area contributed by atoms with E-state index in [1.165, 1.54) is 11.3 Å². The van der Waals surface area contributed by atoms with Crippen molar-refractivity contribution in [3.8, 4) is 6.07 Å². The van der Waals surface area contributed by atoms with Crippen LogP contribution in [0.25, 0.3) is 10.1 Å². The molecule has 0 fully saturated rings. The zero-order valence-electron chi connectivity index (χ0n) is 7.02. The summed E-state index contributed by atoms with van der Waals surface area (Å²) in [5.74, 6) is 0. The van der Waals surface area contributed by atoms with Gasteiger partial charge in [-0.25, -0.2) is 0 Å². The highest BCUT2D eigenvalue weighted by molar-refractivity contribution is 7.80. The smallest absolute Gasteiger partial charge is 0.151 e. The van der Waals surface area contributed by atoms with Gasteiger partial charge in [-0.3, -0.25) is 4.79 Å². The Morgan fingerprint density at radius 1 is 1.50 bits per heavy atom. The highest BCUT2D eigenvalue weighted by Crippen LogP contribution is 2.31. The number of carbonyl (C=O) groups is 1. The quantitative estimate of drug-likeness (QED) is 0.592. The van der Waals surface area contributed by atoms with Crippen molar-refractivity contribution >= 4 is 40.3 Å². The van der Waals surface area contributed by atoms with Crippen LogP contribution in [-0.4, -0.2) is 6.29 Å². The van der Waals surface area contributed by atoms with Crippen LogP contribution >= 0.6 is 24.0 Å². The zero-order valence-corrected chi connectivity index (χ0v) is 8.73. The summed E-state index contributed by atoms with van der Waals surface area (Å²) in [7, 11) is 0. The number of carbonyl (C=O) groups excluding carboxylic acids is 1. The number of nitrogens with zero attached hydrogens (tertiary/aromatic N) is 1. The predicted molar refractivity (Wildman–Crippen MR) is 59.2 cm³/mol. The lowest BCUT2D eigenvalue weighted by molar-refractivity contribution is 0.112. The molecule has 4 heteroatoms. The maximum atomic E-state index is 10.9. The molecule has 2 nitrogen and oxygen atoms in total. The molecular formula is C10H5NOS2. The van der Waals surface area contributed by atoms with Crippen LogP contribution in [0.15, 0.2) is 22.4 Å². The minimum Gasteiger partial charge on any atom is -0.298 e. The Hall–Kier alpha value is -1.31. The van der Waals surface area contributed by atoms with Crippen molar-refractivity contribution in [1.82, 2.24) is 0 Å². The van der Waals surface area contributed by atoms with Gasteiger partial charge in [0.25, 0.3) is 0 Å². The van der Waals surface area contributed by atoms with Gasteiger partial charge in [0.15, 0.2) is 6.29 Å². The summed E-state index contributed by atoms with van der Waals surface area (Å²) < 4.78 is 0.946. The number of fused-ring (bicyclic) bond motifs is 1. The molecule has 0 aliphatic rings. The Labute approximate surface area is 90.2 Å². The molecule has 0 bridgehead atoms. The lowest BCUT2D eigenvalue weighted by atomic mass is 10.1. The molecule has 1 aromatic heterocycles. The van der Waals surface area contributed by atoms with Crippen molar-refractivity contribution in [3.63, 3.8) is 0 Å². The monoisotopic (exact) mass is 219 g/mol. The molecule has 68 valence electrons. The lowest BCUT2D eigenvalue weighted by Gasteiger charge is -1.98. The average molecular weight is 219 g/mol. The first kappa shape index (κ1) is 9.25. The standard InChI is InChI=1S/C10H5NOS2/c11-3-6-5-14-9-2-1-8(13)7(4-12)10(6)9/h1-2,4-5,13H. The molecule has 0 atom stereocenters. The lowest BCUT2D eigenvalue weighted by Crippen LogP contribution is -1.85. The zero-order chi connectivity index (χ0) is 10.1. The number of nitriles is 1. The summed E-state index contributed by atoms with van der Waals surface area (Å²) in [6.07, 6.45) is 0.748. The predicted octanol–water partition coefficient (Wildman–Crippen LogP) is 2.87. The average Bonchev–Trinajstić information content (AvgIpc) is 2.61. The van der Waals surface area contributed by atoms with Gasteiger partial charge >= 0.3 is 0 Å². The van der Waals surface area contributed by atoms with Gasteiger partial charge in [0.05, 0.1) is 5.56 Å². The van der Waals surface area contributed by atoms with Crippen LogP contribution in [0.1, 0.15) is 15.9 Å². The fraction of sp³-hybridized carbons (Fsp3) is 0. The number of benzene rings is 1. The van der Waals surface area contributed by atoms with E-state index in [9.17, 15) is 4.79 Å². The van der Waals surface area contributed by atoms with E-state index in [0.717, 1.165) is 16.4 Å². The number of hydrogen-bond acceptors (Lipinski definition) is 4. The van der Waals surface area contributed by atoms with E-state index in [0.29, 0.717) is 16.0 Å². The molecule has 0 spiro atoms. The fourth-order valence-corrected chi connectivity index (χ4v) is 2.49. The second-order valence-corrected chi connectivity index (χ2v) is 4.14. The first-order valence-corrected chi connectivity index (χ1v) is 5.19. The summed E-state index contributed by atoms with van der Waals surface area (Å²) in [5, 5.41) is 11.3. The van der Waals surface area contributed by atoms with Gasteiger partial charge in [-0.15, -0.1) is 24.0 Å². The van der Waals surface area contributed by atoms with Gasteiger partial charge in [0, 0.05) is 25.9 Å². The molecule has 0 aliphatic heterocycles. The van der Waals surface area contributed by atoms with Crippen LogP contribution in [0, 0.1) is 11.3 Å². The van der Waals surface area contributed by atoms with Crippen LogP contribution in [0.5, 0.6) is 0 Å². The van der Waals surface area contributed by atoms with Gasteiger partial charge in [-0.2, -0.15) is 5.26 Å². The summed E-state index contributed by atoms with van der Waals surface area (Å²) in [6, 6.07) is 5.71. The van der Waals surface area contributed by atoms with Crippen molar-refractivity contribution < 1.29 is 4.79 Å². The normalized spacial score (nSPS) is 10.0. The van der Waals surface area contributed by atoms with Crippen molar-refractivity contribution in [1.29, 1.82) is 5.26 Å². The maximum Gasteiger partial charge on any atom is 0.151 e. The topological polar surface area (TPSA) is 40.9 Å². The molecule has 14 heavy (non-hydrogen) atoms. The van der Waals surface area contributed by atoms with Crippen molar-refractivity contribution in [3.05, 3.63) is 28.6 Å². The molecule has 0 radical (unpaired) electrons. The minimum atomic E-state index is 0.503. The third kappa shape index (κ3) is 1.22. The maximum absolute atomic E-state index is 10.9. The highest BCUT2D eigenvalue weighted by atomic mass is 32.1. The van der Waals surface area contributed by atoms with E-state index in [-0.39, 0.29) is 0 Å². The molecule has 2 aromatic rings. The molecule has 1 aromatic carbocycles. The molecule has 2 rings (SSSR count). The minimum absolute atomic E-state index is 0.503. The number of aldehydes is 1. The van der Waals surface area contributed by atoms with Crippen molar-refractivity contribution in [2.24, 2.45) is 0 Å². The Bertz CT molecular complexity index is 551. The van der Waals surface area contributed by atoms with E-state index in [4.69, 9.17) is 5.26 Å². The summed E-state index contributed by atoms with van der Waals surface area (Å²) >= 11 is 5.64. The SMILES string of the molecule is N#Cc1csc2ccc(S)c(C=O)c12. The van der Waals surface area contributed by atoms with Crippen molar-refractivity contribution in [2.45, 2.75) is 4.90 Å². The molecule has 0 unspecified atom stereocenters.